The van der Waals surface area contributed by atoms with Gasteiger partial charge in [0.2, 0.25) is 5.91 Å². The first-order chi connectivity index (χ1) is 16.1. The molecule has 0 fully saturated rings. The van der Waals surface area contributed by atoms with Gasteiger partial charge in [-0.1, -0.05) is 6.07 Å². The predicted octanol–water partition coefficient (Wildman–Crippen LogP) is 5.24. The Balaban J connectivity index is 1.70. The zero-order valence-corrected chi connectivity index (χ0v) is 17.5. The van der Waals surface area contributed by atoms with Gasteiger partial charge in [-0.25, -0.2) is 4.39 Å². The highest BCUT2D eigenvalue weighted by atomic mass is 19.4. The number of alkyl halides is 3. The summed E-state index contributed by atoms with van der Waals surface area (Å²) in [5.74, 6) is -2.45. The number of amides is 2. The normalized spacial score (nSPS) is 14.0. The molecular formula is C24H16F4N2O4. The number of ether oxygens (including phenoxy) is 2. The Morgan fingerprint density at radius 2 is 1.74 bits per heavy atom. The van der Waals surface area contributed by atoms with Crippen LogP contribution < -0.4 is 20.5 Å². The predicted molar refractivity (Wildman–Crippen MR) is 116 cm³/mol. The first-order valence-electron chi connectivity index (χ1n) is 9.76. The lowest BCUT2D eigenvalue weighted by molar-refractivity contribution is -0.138. The molecule has 3 N–H and O–H groups in total. The molecule has 2 amide bonds. The van der Waals surface area contributed by atoms with Crippen molar-refractivity contribution in [2.45, 2.75) is 6.18 Å². The van der Waals surface area contributed by atoms with E-state index in [-0.39, 0.29) is 22.6 Å². The van der Waals surface area contributed by atoms with E-state index >= 15 is 0 Å². The minimum absolute atomic E-state index is 0.0377. The van der Waals surface area contributed by atoms with E-state index in [2.05, 4.69) is 5.32 Å². The van der Waals surface area contributed by atoms with Crippen LogP contribution in [0.3, 0.4) is 0 Å². The van der Waals surface area contributed by atoms with Gasteiger partial charge in [0.1, 0.15) is 11.6 Å². The third-order valence-electron chi connectivity index (χ3n) is 5.05. The number of carbonyl (C=O) groups excluding carboxylic acids is 2. The number of carbonyl (C=O) groups is 2. The zero-order chi connectivity index (χ0) is 24.6. The van der Waals surface area contributed by atoms with Gasteiger partial charge in [0.25, 0.3) is 5.91 Å². The van der Waals surface area contributed by atoms with E-state index in [0.717, 1.165) is 12.1 Å². The largest absolute Gasteiger partial charge is 0.493 e. The Morgan fingerprint density at radius 3 is 2.41 bits per heavy atom. The average Bonchev–Trinajstić information content (AvgIpc) is 3.08. The summed E-state index contributed by atoms with van der Waals surface area (Å²) in [5.41, 5.74) is 5.11. The van der Waals surface area contributed by atoms with Crippen molar-refractivity contribution in [3.8, 4) is 17.2 Å². The molecular weight excluding hydrogens is 456 g/mol. The van der Waals surface area contributed by atoms with E-state index in [1.807, 2.05) is 0 Å². The Labute approximate surface area is 190 Å². The van der Waals surface area contributed by atoms with Gasteiger partial charge >= 0.3 is 6.18 Å². The molecule has 1 aliphatic heterocycles. The topological polar surface area (TPSA) is 90.7 Å². The molecule has 6 nitrogen and oxygen atoms in total. The van der Waals surface area contributed by atoms with Crippen LogP contribution in [0.1, 0.15) is 27.0 Å². The highest BCUT2D eigenvalue weighted by Crippen LogP contribution is 2.41. The summed E-state index contributed by atoms with van der Waals surface area (Å²) >= 11 is 0. The van der Waals surface area contributed by atoms with Gasteiger partial charge in [0.15, 0.2) is 11.5 Å². The van der Waals surface area contributed by atoms with E-state index in [1.54, 1.807) is 0 Å². The van der Waals surface area contributed by atoms with E-state index in [1.165, 1.54) is 49.6 Å². The summed E-state index contributed by atoms with van der Waals surface area (Å²) in [6.45, 7) is 0. The fraction of sp³-hybridized carbons (Fsp3) is 0.0833. The maximum atomic E-state index is 13.7. The molecule has 4 rings (SSSR count). The van der Waals surface area contributed by atoms with Crippen LogP contribution >= 0.6 is 0 Å². The van der Waals surface area contributed by atoms with Crippen molar-refractivity contribution < 1.29 is 36.6 Å². The quantitative estimate of drug-likeness (QED) is 0.393. The minimum atomic E-state index is -4.81. The van der Waals surface area contributed by atoms with Gasteiger partial charge in [0.05, 0.1) is 12.7 Å². The summed E-state index contributed by atoms with van der Waals surface area (Å²) in [4.78, 5) is 23.6. The van der Waals surface area contributed by atoms with E-state index in [0.29, 0.717) is 22.9 Å². The molecule has 0 unspecified atom stereocenters. The summed E-state index contributed by atoms with van der Waals surface area (Å²) in [7, 11) is 1.30. The van der Waals surface area contributed by atoms with Crippen molar-refractivity contribution in [1.29, 1.82) is 0 Å². The molecule has 174 valence electrons. The molecule has 0 bridgehead atoms. The lowest BCUT2D eigenvalue weighted by Crippen LogP contribution is -2.14. The van der Waals surface area contributed by atoms with Crippen LogP contribution in [0, 0.1) is 5.82 Å². The molecule has 0 aliphatic carbocycles. The van der Waals surface area contributed by atoms with Gasteiger partial charge < -0.3 is 20.5 Å². The van der Waals surface area contributed by atoms with Crippen molar-refractivity contribution >= 4 is 29.2 Å². The van der Waals surface area contributed by atoms with Crippen molar-refractivity contribution in [2.24, 2.45) is 5.73 Å². The van der Waals surface area contributed by atoms with Gasteiger partial charge in [-0.2, -0.15) is 13.2 Å². The molecule has 34 heavy (non-hydrogen) atoms. The number of methoxy groups -OCH3 is 1. The second-order valence-corrected chi connectivity index (χ2v) is 7.29. The molecule has 1 heterocycles. The number of rotatable bonds is 5. The van der Waals surface area contributed by atoms with Crippen molar-refractivity contribution in [3.05, 3.63) is 82.7 Å². The summed E-state index contributed by atoms with van der Waals surface area (Å²) in [5, 5.41) is 2.63. The fourth-order valence-corrected chi connectivity index (χ4v) is 3.44. The average molecular weight is 472 g/mol. The number of fused-ring (bicyclic) bond motifs is 1. The van der Waals surface area contributed by atoms with Crippen LogP contribution in [0.15, 0.2) is 54.6 Å². The molecule has 3 aromatic rings. The minimum Gasteiger partial charge on any atom is -0.493 e. The second kappa shape index (κ2) is 8.54. The van der Waals surface area contributed by atoms with Crippen molar-refractivity contribution in [1.82, 2.24) is 0 Å². The molecule has 0 aromatic heterocycles. The lowest BCUT2D eigenvalue weighted by Gasteiger charge is -2.16. The number of nitrogens with two attached hydrogens (primary N) is 1. The second-order valence-electron chi connectivity index (χ2n) is 7.29. The highest BCUT2D eigenvalue weighted by molar-refractivity contribution is 6.34. The Morgan fingerprint density at radius 1 is 1.00 bits per heavy atom. The van der Waals surface area contributed by atoms with Crippen LogP contribution in [0.5, 0.6) is 17.2 Å². The van der Waals surface area contributed by atoms with Crippen LogP contribution in [-0.4, -0.2) is 18.9 Å². The number of primary amides is 1. The Hall–Kier alpha value is -4.34. The van der Waals surface area contributed by atoms with Gasteiger partial charge in [-0.05, 0) is 60.2 Å². The summed E-state index contributed by atoms with van der Waals surface area (Å²) < 4.78 is 64.9. The third-order valence-corrected chi connectivity index (χ3v) is 5.05. The number of hydrogen-bond donors (Lipinski definition) is 2. The lowest BCUT2D eigenvalue weighted by atomic mass is 10.0. The summed E-state index contributed by atoms with van der Waals surface area (Å²) in [6.07, 6.45) is -3.31. The Kier molecular flexibility index (Phi) is 5.74. The van der Waals surface area contributed by atoms with Gasteiger partial charge in [-0.15, -0.1) is 0 Å². The number of hydrogen-bond acceptors (Lipinski definition) is 4. The van der Waals surface area contributed by atoms with Crippen LogP contribution in [0.4, 0.5) is 23.2 Å². The van der Waals surface area contributed by atoms with Crippen LogP contribution in [-0.2, 0) is 11.0 Å². The molecule has 0 spiro atoms. The van der Waals surface area contributed by atoms with Gasteiger partial charge in [0, 0.05) is 22.4 Å². The molecule has 0 saturated carbocycles. The molecule has 0 saturated heterocycles. The third kappa shape index (κ3) is 4.42. The van der Waals surface area contributed by atoms with Crippen molar-refractivity contribution in [3.63, 3.8) is 0 Å². The number of halogens is 4. The molecule has 0 radical (unpaired) electrons. The van der Waals surface area contributed by atoms with Gasteiger partial charge in [-0.3, -0.25) is 9.59 Å². The highest BCUT2D eigenvalue weighted by Gasteiger charge is 2.35. The zero-order valence-electron chi connectivity index (χ0n) is 17.5. The Bertz CT molecular complexity index is 1350. The van der Waals surface area contributed by atoms with E-state index < -0.39 is 35.1 Å². The van der Waals surface area contributed by atoms with E-state index in [4.69, 9.17) is 15.2 Å². The maximum absolute atomic E-state index is 13.7. The fourth-order valence-electron chi connectivity index (χ4n) is 3.44. The first kappa shape index (κ1) is 22.8. The number of benzene rings is 3. The monoisotopic (exact) mass is 472 g/mol. The molecule has 1 aliphatic rings. The van der Waals surface area contributed by atoms with Crippen LogP contribution in [0.25, 0.3) is 11.6 Å². The standard InChI is InChI=1S/C24H16F4N2O4/c1-33-21-9-12(8-16-15-11-14(25)4-5-18(15)30-23(16)32)2-6-20(21)34-19-7-3-13(22(29)31)10-17(19)24(26,27)28/h2-11H,1H3,(H2,29,31)(H,30,32). The smallest absolute Gasteiger partial charge is 0.420 e. The molecule has 10 heteroatoms. The SMILES string of the molecule is COc1cc(C=C2C(=O)Nc3ccc(F)cc32)ccc1Oc1ccc(C(N)=O)cc1C(F)(F)F. The number of nitrogens with one attached hydrogen (secondary N) is 1. The maximum Gasteiger partial charge on any atom is 0.420 e. The summed E-state index contributed by atoms with van der Waals surface area (Å²) in [6, 6.07) is 10.9. The van der Waals surface area contributed by atoms with Crippen LogP contribution in [0.2, 0.25) is 0 Å². The number of anilines is 1. The van der Waals surface area contributed by atoms with E-state index in [9.17, 15) is 27.2 Å². The first-order valence-corrected chi connectivity index (χ1v) is 9.76. The van der Waals surface area contributed by atoms with Crippen molar-refractivity contribution in [2.75, 3.05) is 12.4 Å². The molecule has 3 aromatic carbocycles. The molecule has 0 atom stereocenters.